The zero-order valence-electron chi connectivity index (χ0n) is 6.96. The van der Waals surface area contributed by atoms with E-state index in [0.29, 0.717) is 0 Å². The molecule has 1 nitrogen and oxygen atoms in total. The van der Waals surface area contributed by atoms with Gasteiger partial charge in [-0.2, -0.15) is 0 Å². The average Bonchev–Trinajstić information content (AvgIpc) is 2.39. The van der Waals surface area contributed by atoms with Gasteiger partial charge in [0.1, 0.15) is 4.38 Å². The summed E-state index contributed by atoms with van der Waals surface area (Å²) in [7, 11) is 0. The van der Waals surface area contributed by atoms with Crippen molar-refractivity contribution < 1.29 is 0 Å². The fourth-order valence-corrected chi connectivity index (χ4v) is 2.75. The molecule has 0 N–H and O–H groups in total. The molecule has 3 heteroatoms. The van der Waals surface area contributed by atoms with Crippen molar-refractivity contribution in [3.63, 3.8) is 0 Å². The van der Waals surface area contributed by atoms with Crippen LogP contribution in [0.25, 0.3) is 0 Å². The highest BCUT2D eigenvalue weighted by Crippen LogP contribution is 2.22. The average molecular weight is 187 g/mol. The van der Waals surface area contributed by atoms with Crippen molar-refractivity contribution in [1.29, 1.82) is 0 Å². The first kappa shape index (κ1) is 9.20. The maximum atomic E-state index is 4.35. The van der Waals surface area contributed by atoms with Crippen LogP contribution < -0.4 is 0 Å². The van der Waals surface area contributed by atoms with Crippen LogP contribution in [0.2, 0.25) is 0 Å². The van der Waals surface area contributed by atoms with E-state index in [1.807, 2.05) is 23.5 Å². The Morgan fingerprint density at radius 3 is 3.09 bits per heavy atom. The molecule has 1 aliphatic rings. The van der Waals surface area contributed by atoms with Crippen molar-refractivity contribution in [2.45, 2.75) is 13.8 Å². The quantitative estimate of drug-likeness (QED) is 0.616. The van der Waals surface area contributed by atoms with Crippen LogP contribution >= 0.6 is 23.5 Å². The highest BCUT2D eigenvalue weighted by Gasteiger charge is 2.05. The van der Waals surface area contributed by atoms with Crippen LogP contribution in [0.15, 0.2) is 16.6 Å². The summed E-state index contributed by atoms with van der Waals surface area (Å²) < 4.78 is 1.27. The van der Waals surface area contributed by atoms with Crippen molar-refractivity contribution in [3.8, 4) is 0 Å². The van der Waals surface area contributed by atoms with E-state index in [4.69, 9.17) is 0 Å². The molecule has 62 valence electrons. The Bertz CT molecular complexity index is 181. The fourth-order valence-electron chi connectivity index (χ4n) is 0.682. The molecule has 0 saturated carbocycles. The molecule has 0 atom stereocenters. The molecule has 0 aromatic heterocycles. The van der Waals surface area contributed by atoms with Crippen LogP contribution in [0.4, 0.5) is 0 Å². The zero-order chi connectivity index (χ0) is 8.10. The number of allylic oxidation sites excluding steroid dienone is 1. The molecule has 0 saturated heterocycles. The summed E-state index contributed by atoms with van der Waals surface area (Å²) in [6.45, 7) is 5.27. The van der Waals surface area contributed by atoms with Gasteiger partial charge >= 0.3 is 0 Å². The Kier molecular flexibility index (Phi) is 4.08. The molecule has 0 aliphatic carbocycles. The number of thioether (sulfide) groups is 2. The van der Waals surface area contributed by atoms with Gasteiger partial charge in [0.2, 0.25) is 0 Å². The Labute approximate surface area is 76.7 Å². The van der Waals surface area contributed by atoms with Crippen LogP contribution in [-0.4, -0.2) is 22.4 Å². The van der Waals surface area contributed by atoms with E-state index in [1.165, 1.54) is 15.7 Å². The van der Waals surface area contributed by atoms with Gasteiger partial charge in [0, 0.05) is 11.5 Å². The summed E-state index contributed by atoms with van der Waals surface area (Å²) in [6.07, 6.45) is 2.24. The molecule has 0 aromatic rings. The minimum absolute atomic E-state index is 1.02. The van der Waals surface area contributed by atoms with Gasteiger partial charge in [0.05, 0.1) is 6.54 Å². The van der Waals surface area contributed by atoms with Crippen LogP contribution in [0.3, 0.4) is 0 Å². The zero-order valence-corrected chi connectivity index (χ0v) is 8.60. The number of hydrogen-bond donors (Lipinski definition) is 0. The summed E-state index contributed by atoms with van der Waals surface area (Å²) >= 11 is 3.73. The number of rotatable bonds is 2. The minimum atomic E-state index is 1.02. The molecular formula is C8H13NS2. The molecule has 0 bridgehead atoms. The molecular weight excluding hydrogens is 174 g/mol. The van der Waals surface area contributed by atoms with Crippen LogP contribution in [-0.2, 0) is 0 Å². The monoisotopic (exact) mass is 187 g/mol. The highest BCUT2D eigenvalue weighted by molar-refractivity contribution is 8.39. The summed E-state index contributed by atoms with van der Waals surface area (Å²) in [5.74, 6) is 2.26. The maximum absolute atomic E-state index is 4.35. The molecule has 0 amide bonds. The first-order chi connectivity index (χ1) is 5.29. The Hall–Kier alpha value is 0.110. The molecule has 0 radical (unpaired) electrons. The third-order valence-electron chi connectivity index (χ3n) is 1.26. The van der Waals surface area contributed by atoms with Gasteiger partial charge in [-0.1, -0.05) is 35.2 Å². The van der Waals surface area contributed by atoms with Crippen molar-refractivity contribution >= 4 is 27.9 Å². The lowest BCUT2D eigenvalue weighted by atomic mass is 10.3. The van der Waals surface area contributed by atoms with E-state index in [9.17, 15) is 0 Å². The molecule has 1 aliphatic heterocycles. The number of aliphatic imine (C=N–C) groups is 1. The second kappa shape index (κ2) is 4.88. The van der Waals surface area contributed by atoms with Gasteiger partial charge in [0.25, 0.3) is 0 Å². The van der Waals surface area contributed by atoms with Crippen molar-refractivity contribution in [2.75, 3.05) is 18.1 Å². The predicted molar refractivity (Wildman–Crippen MR) is 56.6 cm³/mol. The predicted octanol–water partition coefficient (Wildman–Crippen LogP) is 2.79. The molecule has 0 unspecified atom stereocenters. The normalized spacial score (nSPS) is 16.4. The van der Waals surface area contributed by atoms with Gasteiger partial charge in [-0.05, 0) is 13.8 Å². The molecule has 0 spiro atoms. The lowest BCUT2D eigenvalue weighted by molar-refractivity contribution is 1.18. The highest BCUT2D eigenvalue weighted by atomic mass is 32.2. The van der Waals surface area contributed by atoms with Gasteiger partial charge in [-0.25, -0.2) is 0 Å². The lowest BCUT2D eigenvalue weighted by Crippen LogP contribution is -1.81. The van der Waals surface area contributed by atoms with Crippen LogP contribution in [0.1, 0.15) is 13.8 Å². The maximum Gasteiger partial charge on any atom is 0.124 e. The van der Waals surface area contributed by atoms with Crippen LogP contribution in [0, 0.1) is 0 Å². The molecule has 1 heterocycles. The standard InChI is InChI=1S/C8H13NS2/c1-7(2)3-5-10-8-9-4-6-11-8/h3H,4-6H2,1-2H3. The number of nitrogens with zero attached hydrogens (tertiary/aromatic N) is 1. The summed E-state index contributed by atoms with van der Waals surface area (Å²) in [5, 5.41) is 0. The largest absolute Gasteiger partial charge is 0.271 e. The van der Waals surface area contributed by atoms with Gasteiger partial charge < -0.3 is 0 Å². The van der Waals surface area contributed by atoms with Gasteiger partial charge in [-0.15, -0.1) is 0 Å². The summed E-state index contributed by atoms with van der Waals surface area (Å²) in [4.78, 5) is 4.35. The van der Waals surface area contributed by atoms with Gasteiger partial charge in [0.15, 0.2) is 0 Å². The third kappa shape index (κ3) is 3.87. The first-order valence-electron chi connectivity index (χ1n) is 3.72. The molecule has 11 heavy (non-hydrogen) atoms. The second-order valence-electron chi connectivity index (χ2n) is 2.59. The fraction of sp³-hybridized carbons (Fsp3) is 0.625. The summed E-state index contributed by atoms with van der Waals surface area (Å²) in [6, 6.07) is 0. The van der Waals surface area contributed by atoms with Crippen molar-refractivity contribution in [2.24, 2.45) is 4.99 Å². The Morgan fingerprint density at radius 2 is 2.55 bits per heavy atom. The van der Waals surface area contributed by atoms with E-state index in [0.717, 1.165) is 12.3 Å². The second-order valence-corrected chi connectivity index (χ2v) is 4.94. The third-order valence-corrected chi connectivity index (χ3v) is 3.44. The van der Waals surface area contributed by atoms with E-state index in [2.05, 4.69) is 24.9 Å². The smallest absolute Gasteiger partial charge is 0.124 e. The van der Waals surface area contributed by atoms with E-state index in [1.54, 1.807) is 0 Å². The molecule has 0 fully saturated rings. The van der Waals surface area contributed by atoms with E-state index >= 15 is 0 Å². The van der Waals surface area contributed by atoms with Gasteiger partial charge in [-0.3, -0.25) is 4.99 Å². The molecule has 1 rings (SSSR count). The molecule has 0 aromatic carbocycles. The van der Waals surface area contributed by atoms with E-state index < -0.39 is 0 Å². The Balaban J connectivity index is 2.17. The van der Waals surface area contributed by atoms with Crippen molar-refractivity contribution in [1.82, 2.24) is 0 Å². The Morgan fingerprint density at radius 1 is 1.73 bits per heavy atom. The van der Waals surface area contributed by atoms with Crippen molar-refractivity contribution in [3.05, 3.63) is 11.6 Å². The SMILES string of the molecule is CC(C)=CCSC1=NCCS1. The van der Waals surface area contributed by atoms with E-state index in [-0.39, 0.29) is 0 Å². The minimum Gasteiger partial charge on any atom is -0.271 e. The first-order valence-corrected chi connectivity index (χ1v) is 5.69. The topological polar surface area (TPSA) is 12.4 Å². The van der Waals surface area contributed by atoms with Crippen LogP contribution in [0.5, 0.6) is 0 Å². The summed E-state index contributed by atoms with van der Waals surface area (Å²) in [5.41, 5.74) is 1.39. The lowest BCUT2D eigenvalue weighted by Gasteiger charge is -1.94. The number of hydrogen-bond acceptors (Lipinski definition) is 3.